The van der Waals surface area contributed by atoms with Crippen molar-refractivity contribution in [1.82, 2.24) is 0 Å². The van der Waals surface area contributed by atoms with Crippen LogP contribution in [0.5, 0.6) is 0 Å². The molecule has 0 radical (unpaired) electrons. The van der Waals surface area contributed by atoms with Crippen molar-refractivity contribution in [3.8, 4) is 0 Å². The van der Waals surface area contributed by atoms with Gasteiger partial charge in [-0.2, -0.15) is 0 Å². The molecule has 184 valence electrons. The highest BCUT2D eigenvalue weighted by atomic mass is 16.6. The number of aryl methyl sites for hydroxylation is 1. The Kier molecular flexibility index (Phi) is 4.72. The van der Waals surface area contributed by atoms with E-state index in [1.165, 1.54) is 18.1 Å². The molecule has 0 amide bonds. The minimum absolute atomic E-state index is 0.0615. The Morgan fingerprint density at radius 1 is 1.18 bits per heavy atom. The smallest absolute Gasteiger partial charge is 0.186 e. The van der Waals surface area contributed by atoms with Crippen molar-refractivity contribution in [3.05, 3.63) is 47.0 Å². The summed E-state index contributed by atoms with van der Waals surface area (Å²) in [4.78, 5) is 13.2. The maximum Gasteiger partial charge on any atom is 0.186 e. The first kappa shape index (κ1) is 22.9. The highest BCUT2D eigenvalue weighted by molar-refractivity contribution is 5.98. The van der Waals surface area contributed by atoms with Crippen LogP contribution in [-0.4, -0.2) is 56.4 Å². The molecule has 34 heavy (non-hydrogen) atoms. The second kappa shape index (κ2) is 7.01. The van der Waals surface area contributed by atoms with Gasteiger partial charge in [-0.25, -0.2) is 0 Å². The number of ether oxygens (including phenoxy) is 2. The number of hydrogen-bond acceptors (Lipinski definition) is 6. The van der Waals surface area contributed by atoms with Crippen molar-refractivity contribution >= 4 is 5.78 Å². The summed E-state index contributed by atoms with van der Waals surface area (Å²) in [6.45, 7) is 7.14. The maximum atomic E-state index is 13.2. The Bertz CT molecular complexity index is 1070. The Morgan fingerprint density at radius 3 is 2.68 bits per heavy atom. The number of fused-ring (bicyclic) bond motifs is 4. The highest BCUT2D eigenvalue weighted by Gasteiger charge is 2.75. The first-order chi connectivity index (χ1) is 15.9. The van der Waals surface area contributed by atoms with Crippen LogP contribution in [0.3, 0.4) is 0 Å². The number of hydrogen-bond donors (Lipinski definition) is 3. The summed E-state index contributed by atoms with van der Waals surface area (Å²) in [5.74, 6) is 0.764. The standard InChI is InChI=1S/C28H36O6/c1-15(21-14-25(2,31)27(4,32)24(30)33-21)16-7-9-18-17(12-16)8-10-20-19(18)13-23-28(34-23)11-5-6-22(29)26(20,28)3/h5-7,9,12,15,19-21,23-24,30-32H,8,10-11,13-14H2,1-4H3/t15-,19-,20-,21+,23-,24+,25-,26-,27-,28-/m0/s1. The molecule has 3 aliphatic carbocycles. The zero-order chi connectivity index (χ0) is 24.3. The van der Waals surface area contributed by atoms with Gasteiger partial charge in [-0.3, -0.25) is 4.79 Å². The molecule has 0 unspecified atom stereocenters. The lowest BCUT2D eigenvalue weighted by Crippen LogP contribution is -2.64. The molecule has 6 rings (SSSR count). The average molecular weight is 469 g/mol. The number of aliphatic hydroxyl groups excluding tert-OH is 1. The maximum absolute atomic E-state index is 13.2. The highest BCUT2D eigenvalue weighted by Crippen LogP contribution is 2.69. The zero-order valence-electron chi connectivity index (χ0n) is 20.5. The van der Waals surface area contributed by atoms with Gasteiger partial charge in [0.2, 0.25) is 0 Å². The van der Waals surface area contributed by atoms with Crippen molar-refractivity contribution < 1.29 is 29.6 Å². The molecule has 6 heteroatoms. The van der Waals surface area contributed by atoms with Gasteiger partial charge in [-0.15, -0.1) is 0 Å². The molecule has 3 fully saturated rings. The lowest BCUT2D eigenvalue weighted by atomic mass is 9.49. The Labute approximate surface area is 201 Å². The van der Waals surface area contributed by atoms with Crippen LogP contribution >= 0.6 is 0 Å². The SMILES string of the molecule is C[C@@H](c1ccc2c(c1)CC[C@H]1[C@H]2C[C@@H]2O[C@@]23CC=CC(=O)[C@]13C)[C@H]1C[C@](C)(O)[C@@](C)(O)[C@H](O)O1. The number of epoxide rings is 1. The zero-order valence-corrected chi connectivity index (χ0v) is 20.5. The fraction of sp³-hybridized carbons (Fsp3) is 0.679. The number of ketones is 1. The minimum atomic E-state index is -1.73. The average Bonchev–Trinajstić information content (AvgIpc) is 3.50. The quantitative estimate of drug-likeness (QED) is 0.577. The van der Waals surface area contributed by atoms with E-state index in [4.69, 9.17) is 9.47 Å². The van der Waals surface area contributed by atoms with Crippen LogP contribution in [0.25, 0.3) is 0 Å². The van der Waals surface area contributed by atoms with Gasteiger partial charge in [0.25, 0.3) is 0 Å². The minimum Gasteiger partial charge on any atom is -0.387 e. The van der Waals surface area contributed by atoms with E-state index in [9.17, 15) is 20.1 Å². The molecule has 2 heterocycles. The molecule has 2 saturated heterocycles. The molecule has 6 nitrogen and oxygen atoms in total. The van der Waals surface area contributed by atoms with Crippen molar-refractivity contribution in [2.45, 2.75) is 107 Å². The van der Waals surface area contributed by atoms with Crippen LogP contribution in [0.1, 0.15) is 81.9 Å². The first-order valence-corrected chi connectivity index (χ1v) is 12.7. The second-order valence-corrected chi connectivity index (χ2v) is 12.1. The summed E-state index contributed by atoms with van der Waals surface area (Å²) in [6, 6.07) is 6.59. The van der Waals surface area contributed by atoms with Gasteiger partial charge in [0.05, 0.1) is 23.2 Å². The summed E-state index contributed by atoms with van der Waals surface area (Å²) in [5, 5.41) is 31.6. The molecule has 1 aromatic carbocycles. The molecule has 5 aliphatic rings. The number of carbonyl (C=O) groups is 1. The van der Waals surface area contributed by atoms with Crippen molar-refractivity contribution in [3.63, 3.8) is 0 Å². The number of carbonyl (C=O) groups excluding carboxylic acids is 1. The van der Waals surface area contributed by atoms with Gasteiger partial charge in [-0.05, 0) is 81.1 Å². The second-order valence-electron chi connectivity index (χ2n) is 12.1. The third kappa shape index (κ3) is 2.78. The van der Waals surface area contributed by atoms with Crippen LogP contribution < -0.4 is 0 Å². The van der Waals surface area contributed by atoms with Gasteiger partial charge in [0.1, 0.15) is 11.2 Å². The number of aliphatic hydroxyl groups is 3. The molecule has 10 atom stereocenters. The van der Waals surface area contributed by atoms with Crippen LogP contribution in [0.4, 0.5) is 0 Å². The first-order valence-electron chi connectivity index (χ1n) is 12.7. The molecule has 0 bridgehead atoms. The monoisotopic (exact) mass is 468 g/mol. The van der Waals surface area contributed by atoms with Gasteiger partial charge in [-0.1, -0.05) is 31.2 Å². The third-order valence-electron chi connectivity index (χ3n) is 10.4. The van der Waals surface area contributed by atoms with E-state index in [-0.39, 0.29) is 35.7 Å². The Balaban J connectivity index is 1.28. The lowest BCUT2D eigenvalue weighted by molar-refractivity contribution is -0.321. The van der Waals surface area contributed by atoms with Crippen LogP contribution in [0.15, 0.2) is 30.4 Å². The predicted molar refractivity (Wildman–Crippen MR) is 125 cm³/mol. The van der Waals surface area contributed by atoms with Gasteiger partial charge >= 0.3 is 0 Å². The summed E-state index contributed by atoms with van der Waals surface area (Å²) < 4.78 is 12.1. The van der Waals surface area contributed by atoms with E-state index < -0.39 is 29.0 Å². The number of allylic oxidation sites excluding steroid dienone is 1. The molecule has 0 aromatic heterocycles. The van der Waals surface area contributed by atoms with E-state index in [1.54, 1.807) is 13.0 Å². The van der Waals surface area contributed by atoms with Crippen LogP contribution in [0.2, 0.25) is 0 Å². The van der Waals surface area contributed by atoms with E-state index in [2.05, 4.69) is 25.1 Å². The summed E-state index contributed by atoms with van der Waals surface area (Å²) in [7, 11) is 0. The van der Waals surface area contributed by atoms with Gasteiger partial charge in [0, 0.05) is 12.3 Å². The van der Waals surface area contributed by atoms with E-state index in [0.717, 1.165) is 31.2 Å². The van der Waals surface area contributed by atoms with Crippen molar-refractivity contribution in [2.75, 3.05) is 0 Å². The van der Waals surface area contributed by atoms with E-state index in [0.29, 0.717) is 5.92 Å². The molecule has 2 aliphatic heterocycles. The molecule has 1 spiro atoms. The number of rotatable bonds is 2. The Morgan fingerprint density at radius 2 is 1.94 bits per heavy atom. The summed E-state index contributed by atoms with van der Waals surface area (Å²) >= 11 is 0. The predicted octanol–water partition coefficient (Wildman–Crippen LogP) is 3.12. The van der Waals surface area contributed by atoms with E-state index >= 15 is 0 Å². The largest absolute Gasteiger partial charge is 0.387 e. The van der Waals surface area contributed by atoms with Crippen molar-refractivity contribution in [2.24, 2.45) is 11.3 Å². The summed E-state index contributed by atoms with van der Waals surface area (Å²) in [6.07, 6.45) is 6.00. The van der Waals surface area contributed by atoms with Gasteiger partial charge in [0.15, 0.2) is 12.1 Å². The fourth-order valence-electron chi connectivity index (χ4n) is 7.67. The molecule has 1 saturated carbocycles. The topological polar surface area (TPSA) is 99.5 Å². The normalized spacial score (nSPS) is 50.0. The molecular formula is C28H36O6. The van der Waals surface area contributed by atoms with Gasteiger partial charge < -0.3 is 24.8 Å². The molecule has 1 aromatic rings. The van der Waals surface area contributed by atoms with Crippen molar-refractivity contribution in [1.29, 1.82) is 0 Å². The number of benzene rings is 1. The molecule has 3 N–H and O–H groups in total. The third-order valence-corrected chi connectivity index (χ3v) is 10.4. The lowest BCUT2D eigenvalue weighted by Gasteiger charge is -2.51. The Hall–Kier alpha value is -1.57. The summed E-state index contributed by atoms with van der Waals surface area (Å²) in [5.41, 5.74) is -0.174. The molecular weight excluding hydrogens is 432 g/mol. The fourth-order valence-corrected chi connectivity index (χ4v) is 7.67. The van der Waals surface area contributed by atoms with Crippen LogP contribution in [-0.2, 0) is 20.7 Å². The van der Waals surface area contributed by atoms with Crippen LogP contribution in [0, 0.1) is 11.3 Å². The van der Waals surface area contributed by atoms with E-state index in [1.807, 2.05) is 13.0 Å².